The van der Waals surface area contributed by atoms with Gasteiger partial charge in [0.1, 0.15) is 5.82 Å². The summed E-state index contributed by atoms with van der Waals surface area (Å²) in [5.74, 6) is -0.938. The summed E-state index contributed by atoms with van der Waals surface area (Å²) < 4.78 is 33.9. The minimum atomic E-state index is -3.62. The molecular formula is C7H5Cl2FO2S. The van der Waals surface area contributed by atoms with Gasteiger partial charge in [-0.25, -0.2) is 12.8 Å². The van der Waals surface area contributed by atoms with E-state index >= 15 is 0 Å². The average molecular weight is 243 g/mol. The summed E-state index contributed by atoms with van der Waals surface area (Å²) in [7, 11) is 1.38. The predicted molar refractivity (Wildman–Crippen MR) is 49.9 cm³/mol. The second kappa shape index (κ2) is 3.82. The van der Waals surface area contributed by atoms with Gasteiger partial charge in [-0.1, -0.05) is 17.7 Å². The van der Waals surface area contributed by atoms with Crippen LogP contribution in [0.1, 0.15) is 5.56 Å². The van der Waals surface area contributed by atoms with Gasteiger partial charge in [0, 0.05) is 10.7 Å². The zero-order valence-corrected chi connectivity index (χ0v) is 8.63. The molecule has 1 rings (SSSR count). The Kier molecular flexibility index (Phi) is 3.16. The summed E-state index contributed by atoms with van der Waals surface area (Å²) in [4.78, 5) is 0. The lowest BCUT2D eigenvalue weighted by molar-refractivity contribution is 0.608. The molecule has 0 bridgehead atoms. The molecule has 0 unspecified atom stereocenters. The monoisotopic (exact) mass is 242 g/mol. The van der Waals surface area contributed by atoms with Gasteiger partial charge in [-0.15, -0.1) is 0 Å². The van der Waals surface area contributed by atoms with Crippen molar-refractivity contribution in [3.8, 4) is 0 Å². The van der Waals surface area contributed by atoms with Crippen molar-refractivity contribution in [3.05, 3.63) is 34.6 Å². The fraction of sp³-hybridized carbons (Fsp3) is 0.143. The molecular weight excluding hydrogens is 238 g/mol. The van der Waals surface area contributed by atoms with Crippen molar-refractivity contribution in [3.63, 3.8) is 0 Å². The fourth-order valence-electron chi connectivity index (χ4n) is 0.828. The third-order valence-corrected chi connectivity index (χ3v) is 2.62. The lowest BCUT2D eigenvalue weighted by atomic mass is 10.2. The maximum Gasteiger partial charge on any atom is 0.236 e. The van der Waals surface area contributed by atoms with E-state index < -0.39 is 14.9 Å². The van der Waals surface area contributed by atoms with Gasteiger partial charge in [-0.2, -0.15) is 0 Å². The predicted octanol–water partition coefficient (Wildman–Crippen LogP) is 2.55. The zero-order valence-electron chi connectivity index (χ0n) is 6.30. The number of rotatable bonds is 2. The second-order valence-electron chi connectivity index (χ2n) is 2.43. The van der Waals surface area contributed by atoms with Crippen molar-refractivity contribution in [1.82, 2.24) is 0 Å². The third kappa shape index (κ3) is 3.50. The minimum Gasteiger partial charge on any atom is -0.212 e. The van der Waals surface area contributed by atoms with Crippen LogP contribution in [0.5, 0.6) is 0 Å². The first-order valence-corrected chi connectivity index (χ1v) is 6.10. The SMILES string of the molecule is O=S(=O)(Cl)Cc1ccc(F)c(Cl)c1. The highest BCUT2D eigenvalue weighted by Gasteiger charge is 2.08. The van der Waals surface area contributed by atoms with E-state index in [2.05, 4.69) is 0 Å². The molecule has 72 valence electrons. The largest absolute Gasteiger partial charge is 0.236 e. The molecule has 0 fully saturated rings. The molecule has 0 saturated heterocycles. The molecule has 6 heteroatoms. The number of halogens is 3. The molecule has 0 heterocycles. The topological polar surface area (TPSA) is 34.1 Å². The van der Waals surface area contributed by atoms with Crippen molar-refractivity contribution in [2.45, 2.75) is 5.75 Å². The van der Waals surface area contributed by atoms with Crippen molar-refractivity contribution >= 4 is 31.3 Å². The van der Waals surface area contributed by atoms with E-state index in [9.17, 15) is 12.8 Å². The van der Waals surface area contributed by atoms with E-state index in [0.29, 0.717) is 5.56 Å². The van der Waals surface area contributed by atoms with Gasteiger partial charge in [0.05, 0.1) is 10.8 Å². The first-order chi connectivity index (χ1) is 5.88. The maximum absolute atomic E-state index is 12.6. The van der Waals surface area contributed by atoms with Crippen LogP contribution >= 0.6 is 22.3 Å². The lowest BCUT2D eigenvalue weighted by Gasteiger charge is -1.99. The first kappa shape index (κ1) is 10.8. The molecule has 13 heavy (non-hydrogen) atoms. The van der Waals surface area contributed by atoms with Gasteiger partial charge < -0.3 is 0 Å². The van der Waals surface area contributed by atoms with E-state index in [0.717, 1.165) is 6.07 Å². The zero-order chi connectivity index (χ0) is 10.1. The maximum atomic E-state index is 12.6. The summed E-state index contributed by atoms with van der Waals surface area (Å²) in [6.07, 6.45) is 0. The number of hydrogen-bond donors (Lipinski definition) is 0. The Labute approximate surface area is 84.7 Å². The minimum absolute atomic E-state index is 0.113. The lowest BCUT2D eigenvalue weighted by Crippen LogP contribution is -1.95. The molecule has 0 N–H and O–H groups in total. The third-order valence-electron chi connectivity index (χ3n) is 1.32. The van der Waals surface area contributed by atoms with Gasteiger partial charge in [-0.05, 0) is 17.7 Å². The quantitative estimate of drug-likeness (QED) is 0.748. The van der Waals surface area contributed by atoms with Crippen LogP contribution in [0, 0.1) is 5.82 Å². The van der Waals surface area contributed by atoms with Gasteiger partial charge in [-0.3, -0.25) is 0 Å². The highest BCUT2D eigenvalue weighted by Crippen LogP contribution is 2.18. The van der Waals surface area contributed by atoms with Crippen LogP contribution in [-0.4, -0.2) is 8.42 Å². The summed E-state index contributed by atoms with van der Waals surface area (Å²) in [6, 6.07) is 3.65. The molecule has 1 aromatic carbocycles. The first-order valence-electron chi connectivity index (χ1n) is 3.25. The standard InChI is InChI=1S/C7H5Cl2FO2S/c8-6-3-5(1-2-7(6)10)4-13(9,11)12/h1-3H,4H2. The van der Waals surface area contributed by atoms with Crippen molar-refractivity contribution in [1.29, 1.82) is 0 Å². The molecule has 1 aromatic rings. The number of benzene rings is 1. The summed E-state index contributed by atoms with van der Waals surface area (Å²) in [5, 5.41) is -0.113. The molecule has 0 amide bonds. The Morgan fingerprint density at radius 3 is 2.46 bits per heavy atom. The molecule has 0 aromatic heterocycles. The Morgan fingerprint density at radius 2 is 2.00 bits per heavy atom. The van der Waals surface area contributed by atoms with Crippen LogP contribution in [0.25, 0.3) is 0 Å². The molecule has 0 spiro atoms. The highest BCUT2D eigenvalue weighted by molar-refractivity contribution is 8.13. The van der Waals surface area contributed by atoms with Gasteiger partial charge in [0.25, 0.3) is 0 Å². The molecule has 0 aliphatic rings. The molecule has 0 saturated carbocycles. The number of hydrogen-bond acceptors (Lipinski definition) is 2. The van der Waals surface area contributed by atoms with Gasteiger partial charge in [0.2, 0.25) is 9.05 Å². The summed E-state index contributed by atoms with van der Waals surface area (Å²) >= 11 is 5.43. The summed E-state index contributed by atoms with van der Waals surface area (Å²) in [5.41, 5.74) is 0.362. The molecule has 0 aliphatic heterocycles. The van der Waals surface area contributed by atoms with Crippen LogP contribution in [0.4, 0.5) is 4.39 Å². The second-order valence-corrected chi connectivity index (χ2v) is 5.62. The Bertz CT molecular complexity index is 417. The average Bonchev–Trinajstić information content (AvgIpc) is 1.94. The van der Waals surface area contributed by atoms with Crippen LogP contribution in [-0.2, 0) is 14.8 Å². The van der Waals surface area contributed by atoms with Crippen LogP contribution < -0.4 is 0 Å². The van der Waals surface area contributed by atoms with Crippen LogP contribution in [0.3, 0.4) is 0 Å². The fourth-order valence-corrected chi connectivity index (χ4v) is 1.99. The van der Waals surface area contributed by atoms with E-state index in [-0.39, 0.29) is 10.8 Å². The van der Waals surface area contributed by atoms with Crippen molar-refractivity contribution < 1.29 is 12.8 Å². The molecule has 2 nitrogen and oxygen atoms in total. The smallest absolute Gasteiger partial charge is 0.212 e. The molecule has 0 aliphatic carbocycles. The van der Waals surface area contributed by atoms with E-state index in [1.54, 1.807) is 0 Å². The van der Waals surface area contributed by atoms with E-state index in [4.69, 9.17) is 22.3 Å². The molecule has 0 atom stereocenters. The van der Waals surface area contributed by atoms with E-state index in [1.807, 2.05) is 0 Å². The van der Waals surface area contributed by atoms with Crippen molar-refractivity contribution in [2.24, 2.45) is 0 Å². The van der Waals surface area contributed by atoms with Crippen LogP contribution in [0.15, 0.2) is 18.2 Å². The van der Waals surface area contributed by atoms with Gasteiger partial charge >= 0.3 is 0 Å². The van der Waals surface area contributed by atoms with Gasteiger partial charge in [0.15, 0.2) is 0 Å². The van der Waals surface area contributed by atoms with E-state index in [1.165, 1.54) is 12.1 Å². The highest BCUT2D eigenvalue weighted by atomic mass is 35.7. The molecule has 0 radical (unpaired) electrons. The van der Waals surface area contributed by atoms with Crippen LogP contribution in [0.2, 0.25) is 5.02 Å². The van der Waals surface area contributed by atoms with Crippen molar-refractivity contribution in [2.75, 3.05) is 0 Å². The Hall–Kier alpha value is -0.320. The normalized spacial score (nSPS) is 11.6. The Morgan fingerprint density at radius 1 is 1.38 bits per heavy atom. The Balaban J connectivity index is 2.99. The summed E-state index contributed by atoms with van der Waals surface area (Å²) in [6.45, 7) is 0.